The van der Waals surface area contributed by atoms with E-state index in [1.807, 2.05) is 0 Å². The molecule has 0 aliphatic carbocycles. The molecule has 1 atom stereocenters. The minimum atomic E-state index is -0.762. The lowest BCUT2D eigenvalue weighted by Gasteiger charge is -2.15. The van der Waals surface area contributed by atoms with Crippen LogP contribution in [0.2, 0.25) is 0 Å². The second-order valence-corrected chi connectivity index (χ2v) is 5.25. The van der Waals surface area contributed by atoms with Crippen molar-refractivity contribution >= 4 is 17.6 Å². The van der Waals surface area contributed by atoms with E-state index in [9.17, 15) is 9.59 Å². The summed E-state index contributed by atoms with van der Waals surface area (Å²) in [5, 5.41) is 11.6. The molecule has 1 amide bonds. The Morgan fingerprint density at radius 1 is 1.19 bits per heavy atom. The van der Waals surface area contributed by atoms with Crippen molar-refractivity contribution in [3.63, 3.8) is 0 Å². The summed E-state index contributed by atoms with van der Waals surface area (Å²) in [4.78, 5) is 22.5. The van der Waals surface area contributed by atoms with E-state index in [0.29, 0.717) is 30.1 Å². The van der Waals surface area contributed by atoms with Crippen LogP contribution in [0.5, 0.6) is 0 Å². The highest BCUT2D eigenvalue weighted by Gasteiger charge is 2.11. The maximum Gasteiger partial charge on any atom is 0.303 e. The SMILES string of the molecule is CCCC(CCNC(=O)c1ccc(N)cc1)CCC(=O)O. The predicted molar refractivity (Wildman–Crippen MR) is 83.1 cm³/mol. The molecule has 1 aromatic carbocycles. The summed E-state index contributed by atoms with van der Waals surface area (Å²) in [7, 11) is 0. The summed E-state index contributed by atoms with van der Waals surface area (Å²) in [6.45, 7) is 2.65. The van der Waals surface area contributed by atoms with Gasteiger partial charge < -0.3 is 16.2 Å². The molecule has 0 saturated heterocycles. The van der Waals surface area contributed by atoms with Crippen LogP contribution in [0.1, 0.15) is 49.4 Å². The van der Waals surface area contributed by atoms with Crippen molar-refractivity contribution in [3.05, 3.63) is 29.8 Å². The number of nitrogens with one attached hydrogen (secondary N) is 1. The van der Waals surface area contributed by atoms with Crippen LogP contribution in [0.15, 0.2) is 24.3 Å². The molecule has 0 aliphatic rings. The normalized spacial score (nSPS) is 11.9. The first-order chi connectivity index (χ1) is 10.0. The molecule has 1 rings (SSSR count). The number of hydrogen-bond donors (Lipinski definition) is 3. The van der Waals surface area contributed by atoms with Crippen LogP contribution < -0.4 is 11.1 Å². The molecule has 5 heteroatoms. The number of rotatable bonds is 9. The van der Waals surface area contributed by atoms with Gasteiger partial charge in [-0.3, -0.25) is 9.59 Å². The van der Waals surface area contributed by atoms with Crippen LogP contribution in [-0.2, 0) is 4.79 Å². The zero-order valence-electron chi connectivity index (χ0n) is 12.5. The molecule has 0 aliphatic heterocycles. The molecular weight excluding hydrogens is 268 g/mol. The first kappa shape index (κ1) is 17.0. The molecular formula is C16H24N2O3. The molecule has 0 fully saturated rings. The van der Waals surface area contributed by atoms with Crippen LogP contribution in [0, 0.1) is 5.92 Å². The van der Waals surface area contributed by atoms with E-state index >= 15 is 0 Å². The summed E-state index contributed by atoms with van der Waals surface area (Å²) >= 11 is 0. The zero-order chi connectivity index (χ0) is 15.7. The van der Waals surface area contributed by atoms with Crippen LogP contribution in [0.4, 0.5) is 5.69 Å². The lowest BCUT2D eigenvalue weighted by atomic mass is 9.94. The van der Waals surface area contributed by atoms with Gasteiger partial charge in [-0.05, 0) is 43.0 Å². The van der Waals surface area contributed by atoms with Gasteiger partial charge >= 0.3 is 5.97 Å². The Morgan fingerprint density at radius 2 is 1.86 bits per heavy atom. The van der Waals surface area contributed by atoms with Gasteiger partial charge in [0, 0.05) is 24.2 Å². The lowest BCUT2D eigenvalue weighted by Crippen LogP contribution is -2.26. The van der Waals surface area contributed by atoms with Gasteiger partial charge in [0.15, 0.2) is 0 Å². The number of aliphatic carboxylic acids is 1. The Kier molecular flexibility index (Phi) is 7.29. The monoisotopic (exact) mass is 292 g/mol. The number of benzene rings is 1. The molecule has 0 aromatic heterocycles. The maximum atomic E-state index is 11.9. The highest BCUT2D eigenvalue weighted by molar-refractivity contribution is 5.94. The van der Waals surface area contributed by atoms with Crippen molar-refractivity contribution in [2.45, 2.75) is 39.0 Å². The number of carboxylic acid groups (broad SMARTS) is 1. The van der Waals surface area contributed by atoms with Crippen molar-refractivity contribution in [1.29, 1.82) is 0 Å². The minimum Gasteiger partial charge on any atom is -0.481 e. The van der Waals surface area contributed by atoms with E-state index in [2.05, 4.69) is 12.2 Å². The molecule has 1 aromatic rings. The molecule has 0 heterocycles. The van der Waals surface area contributed by atoms with Gasteiger partial charge in [-0.15, -0.1) is 0 Å². The smallest absolute Gasteiger partial charge is 0.303 e. The highest BCUT2D eigenvalue weighted by atomic mass is 16.4. The Labute approximate surface area is 125 Å². The first-order valence-electron chi connectivity index (χ1n) is 7.38. The van der Waals surface area contributed by atoms with Crippen molar-refractivity contribution < 1.29 is 14.7 Å². The molecule has 0 bridgehead atoms. The molecule has 0 radical (unpaired) electrons. The Morgan fingerprint density at radius 3 is 2.43 bits per heavy atom. The molecule has 0 spiro atoms. The van der Waals surface area contributed by atoms with Crippen LogP contribution in [0.25, 0.3) is 0 Å². The van der Waals surface area contributed by atoms with Gasteiger partial charge in [-0.1, -0.05) is 19.8 Å². The number of anilines is 1. The van der Waals surface area contributed by atoms with Gasteiger partial charge in [-0.2, -0.15) is 0 Å². The molecule has 4 N–H and O–H groups in total. The van der Waals surface area contributed by atoms with Gasteiger partial charge in [0.25, 0.3) is 5.91 Å². The predicted octanol–water partition coefficient (Wildman–Crippen LogP) is 2.67. The Hall–Kier alpha value is -2.04. The fourth-order valence-corrected chi connectivity index (χ4v) is 2.30. The fraction of sp³-hybridized carbons (Fsp3) is 0.500. The molecule has 1 unspecified atom stereocenters. The number of hydrogen-bond acceptors (Lipinski definition) is 3. The average Bonchev–Trinajstić information content (AvgIpc) is 2.45. The van der Waals surface area contributed by atoms with Crippen LogP contribution in [0.3, 0.4) is 0 Å². The van der Waals surface area contributed by atoms with Gasteiger partial charge in [0.2, 0.25) is 0 Å². The molecule has 116 valence electrons. The van der Waals surface area contributed by atoms with Crippen molar-refractivity contribution in [3.8, 4) is 0 Å². The molecule has 5 nitrogen and oxygen atoms in total. The summed E-state index contributed by atoms with van der Waals surface area (Å²) in [6.07, 6.45) is 3.68. The van der Waals surface area contributed by atoms with E-state index in [4.69, 9.17) is 10.8 Å². The number of carbonyl (C=O) groups excluding carboxylic acids is 1. The summed E-state index contributed by atoms with van der Waals surface area (Å²) < 4.78 is 0. The highest BCUT2D eigenvalue weighted by Crippen LogP contribution is 2.17. The first-order valence-corrected chi connectivity index (χ1v) is 7.38. The largest absolute Gasteiger partial charge is 0.481 e. The summed E-state index contributed by atoms with van der Waals surface area (Å²) in [5.41, 5.74) is 6.79. The second kappa shape index (κ2) is 9.00. The Bertz CT molecular complexity index is 457. The van der Waals surface area contributed by atoms with E-state index in [-0.39, 0.29) is 12.3 Å². The van der Waals surface area contributed by atoms with Crippen molar-refractivity contribution in [2.75, 3.05) is 12.3 Å². The third-order valence-corrected chi connectivity index (χ3v) is 3.47. The maximum absolute atomic E-state index is 11.9. The number of carboxylic acids is 1. The standard InChI is InChI=1S/C16H24N2O3/c1-2-3-12(4-9-15(19)20)10-11-18-16(21)13-5-7-14(17)8-6-13/h5-8,12H,2-4,9-11,17H2,1H3,(H,18,21)(H,19,20). The lowest BCUT2D eigenvalue weighted by molar-refractivity contribution is -0.137. The van der Waals surface area contributed by atoms with Gasteiger partial charge in [-0.25, -0.2) is 0 Å². The van der Waals surface area contributed by atoms with Crippen LogP contribution in [-0.4, -0.2) is 23.5 Å². The number of amides is 1. The average molecular weight is 292 g/mol. The third-order valence-electron chi connectivity index (χ3n) is 3.47. The second-order valence-electron chi connectivity index (χ2n) is 5.25. The molecule has 0 saturated carbocycles. The van der Waals surface area contributed by atoms with Gasteiger partial charge in [0.05, 0.1) is 0 Å². The van der Waals surface area contributed by atoms with E-state index in [0.717, 1.165) is 19.3 Å². The quantitative estimate of drug-likeness (QED) is 0.610. The van der Waals surface area contributed by atoms with E-state index in [1.54, 1.807) is 24.3 Å². The summed E-state index contributed by atoms with van der Waals surface area (Å²) in [6, 6.07) is 6.78. The zero-order valence-corrected chi connectivity index (χ0v) is 12.5. The summed E-state index contributed by atoms with van der Waals surface area (Å²) in [5.74, 6) is -0.539. The van der Waals surface area contributed by atoms with Gasteiger partial charge in [0.1, 0.15) is 0 Å². The minimum absolute atomic E-state index is 0.122. The topological polar surface area (TPSA) is 92.4 Å². The van der Waals surface area contributed by atoms with E-state index < -0.39 is 5.97 Å². The van der Waals surface area contributed by atoms with E-state index in [1.165, 1.54) is 0 Å². The number of nitrogen functional groups attached to an aromatic ring is 1. The van der Waals surface area contributed by atoms with Crippen LogP contribution >= 0.6 is 0 Å². The molecule has 21 heavy (non-hydrogen) atoms. The third kappa shape index (κ3) is 6.79. The van der Waals surface area contributed by atoms with Crippen molar-refractivity contribution in [1.82, 2.24) is 5.32 Å². The number of nitrogens with two attached hydrogens (primary N) is 1. The Balaban J connectivity index is 2.36. The van der Waals surface area contributed by atoms with Crippen molar-refractivity contribution in [2.24, 2.45) is 5.92 Å². The fourth-order valence-electron chi connectivity index (χ4n) is 2.30. The number of carbonyl (C=O) groups is 2.